The molecule has 7 nitrogen and oxygen atoms in total. The highest BCUT2D eigenvalue weighted by molar-refractivity contribution is 5.88. The van der Waals surface area contributed by atoms with E-state index >= 15 is 0 Å². The summed E-state index contributed by atoms with van der Waals surface area (Å²) >= 11 is 0. The van der Waals surface area contributed by atoms with E-state index < -0.39 is 5.97 Å². The number of imidazole rings is 1. The summed E-state index contributed by atoms with van der Waals surface area (Å²) in [5.74, 6) is 1.71. The number of nitrogens with one attached hydrogen (secondary N) is 1. The van der Waals surface area contributed by atoms with Gasteiger partial charge in [0, 0.05) is 38.1 Å². The Morgan fingerprint density at radius 3 is 2.38 bits per heavy atom. The van der Waals surface area contributed by atoms with Gasteiger partial charge in [-0.2, -0.15) is 0 Å². The van der Waals surface area contributed by atoms with Crippen LogP contribution in [0.1, 0.15) is 115 Å². The molecule has 1 aromatic heterocycles. The zero-order valence-corrected chi connectivity index (χ0v) is 31.6. The van der Waals surface area contributed by atoms with Crippen LogP contribution in [0.4, 0.5) is 4.79 Å². The molecule has 50 heavy (non-hydrogen) atoms. The third-order valence-corrected chi connectivity index (χ3v) is 16.0. The van der Waals surface area contributed by atoms with E-state index in [1.54, 1.807) is 18.3 Å². The third kappa shape index (κ3) is 5.14. The molecule has 9 unspecified atom stereocenters. The smallest absolute Gasteiger partial charge is 0.335 e. The molecule has 0 radical (unpaired) electrons. The van der Waals surface area contributed by atoms with E-state index in [1.807, 2.05) is 41.2 Å². The van der Waals surface area contributed by atoms with E-state index in [4.69, 9.17) is 0 Å². The summed E-state index contributed by atoms with van der Waals surface area (Å²) < 4.78 is 2.03. The van der Waals surface area contributed by atoms with Gasteiger partial charge in [0.1, 0.15) is 0 Å². The Kier molecular flexibility index (Phi) is 8.50. The number of hydrogen-bond donors (Lipinski definition) is 2. The van der Waals surface area contributed by atoms with Crippen molar-refractivity contribution in [1.82, 2.24) is 19.8 Å². The molecule has 2 N–H and O–H groups in total. The Balaban J connectivity index is 1.17. The second-order valence-corrected chi connectivity index (χ2v) is 18.4. The molecule has 0 aliphatic heterocycles. The minimum absolute atomic E-state index is 0.0107. The number of likely N-dealkylation sites (N-methyl/N-ethyl adjacent to an activating group) is 1. The highest BCUT2D eigenvalue weighted by atomic mass is 16.4. The van der Waals surface area contributed by atoms with Gasteiger partial charge >= 0.3 is 12.0 Å². The maximum Gasteiger partial charge on any atom is 0.335 e. The van der Waals surface area contributed by atoms with Crippen molar-refractivity contribution in [1.29, 1.82) is 0 Å². The molecule has 270 valence electrons. The fourth-order valence-electron chi connectivity index (χ4n) is 13.4. The van der Waals surface area contributed by atoms with Gasteiger partial charge in [0.05, 0.1) is 11.9 Å². The molecule has 0 saturated heterocycles. The summed E-state index contributed by atoms with van der Waals surface area (Å²) in [4.78, 5) is 31.5. The largest absolute Gasteiger partial charge is 0.478 e. The minimum Gasteiger partial charge on any atom is -0.478 e. The Morgan fingerprint density at radius 1 is 0.980 bits per heavy atom. The molecule has 1 aromatic carbocycles. The number of benzene rings is 1. The topological polar surface area (TPSA) is 87.5 Å². The molecule has 2 aromatic rings. The molecule has 2 amide bonds. The van der Waals surface area contributed by atoms with Crippen LogP contribution in [0.5, 0.6) is 0 Å². The Hall–Kier alpha value is -3.35. The summed E-state index contributed by atoms with van der Waals surface area (Å²) in [7, 11) is 1.93. The normalized spacial score (nSPS) is 38.5. The summed E-state index contributed by atoms with van der Waals surface area (Å²) in [5, 5.41) is 13.2. The number of carboxylic acids is 1. The lowest BCUT2D eigenvalue weighted by Crippen LogP contribution is -2.68. The van der Waals surface area contributed by atoms with Crippen LogP contribution in [0, 0.1) is 51.2 Å². The van der Waals surface area contributed by atoms with Gasteiger partial charge in [-0.05, 0) is 139 Å². The van der Waals surface area contributed by atoms with E-state index in [-0.39, 0.29) is 33.2 Å². The van der Waals surface area contributed by atoms with Crippen LogP contribution < -0.4 is 5.32 Å². The Morgan fingerprint density at radius 2 is 1.72 bits per heavy atom. The number of hydrogen-bond acceptors (Lipinski definition) is 3. The molecule has 1 heterocycles. The lowest BCUT2D eigenvalue weighted by Gasteiger charge is -2.72. The van der Waals surface area contributed by atoms with Crippen molar-refractivity contribution in [3.05, 3.63) is 72.3 Å². The first-order valence-electron chi connectivity index (χ1n) is 19.3. The van der Waals surface area contributed by atoms with Crippen LogP contribution in [-0.2, 0) is 6.54 Å². The number of urea groups is 1. The van der Waals surface area contributed by atoms with Crippen molar-refractivity contribution in [2.45, 2.75) is 111 Å². The number of carbonyl (C=O) groups is 2. The summed E-state index contributed by atoms with van der Waals surface area (Å²) in [6.07, 6.45) is 18.4. The Labute approximate surface area is 300 Å². The Bertz CT molecular complexity index is 1680. The molecule has 0 spiro atoms. The van der Waals surface area contributed by atoms with Crippen LogP contribution in [0.2, 0.25) is 0 Å². The van der Waals surface area contributed by atoms with E-state index in [2.05, 4.69) is 64.5 Å². The van der Waals surface area contributed by atoms with Gasteiger partial charge in [-0.1, -0.05) is 65.0 Å². The van der Waals surface area contributed by atoms with Gasteiger partial charge in [0.2, 0.25) is 0 Å². The maximum absolute atomic E-state index is 13.9. The highest BCUT2D eigenvalue weighted by Crippen LogP contribution is 2.76. The van der Waals surface area contributed by atoms with Gasteiger partial charge in [0.25, 0.3) is 0 Å². The lowest BCUT2D eigenvalue weighted by atomic mass is 9.33. The average molecular weight is 681 g/mol. The van der Waals surface area contributed by atoms with E-state index in [9.17, 15) is 14.7 Å². The number of carbonyl (C=O) groups excluding carboxylic acids is 1. The summed E-state index contributed by atoms with van der Waals surface area (Å²) in [6.45, 7) is 21.0. The van der Waals surface area contributed by atoms with Gasteiger partial charge in [-0.15, -0.1) is 0 Å². The number of amides is 2. The first-order chi connectivity index (χ1) is 23.6. The zero-order chi connectivity index (χ0) is 35.9. The van der Waals surface area contributed by atoms with Crippen molar-refractivity contribution in [2.75, 3.05) is 13.6 Å². The molecular weight excluding hydrogens is 620 g/mol. The van der Waals surface area contributed by atoms with Gasteiger partial charge in [-0.25, -0.2) is 14.6 Å². The number of carboxylic acid groups (broad SMARTS) is 1. The quantitative estimate of drug-likeness (QED) is 0.286. The predicted molar refractivity (Wildman–Crippen MR) is 199 cm³/mol. The predicted octanol–water partition coefficient (Wildman–Crippen LogP) is 9.33. The second-order valence-electron chi connectivity index (χ2n) is 18.4. The number of aromatic nitrogens is 2. The van der Waals surface area contributed by atoms with E-state index in [1.165, 1.54) is 36.8 Å². The van der Waals surface area contributed by atoms with Crippen molar-refractivity contribution in [3.63, 3.8) is 0 Å². The standard InChI is InChI=1S/C43H60N4O3/c1-28(2)31-15-20-43(45-38(50)46(8)25-26-47-24-23-44-27-47)22-21-41(6)33(36(31)43)13-14-35-40(5)18-16-32(29-9-11-30(12-10-29)37(48)49)39(3,4)34(40)17-19-42(35,41)7/h9-12,16,23-24,27,31,33-36H,1,13-15,17-22,25-26H2,2-8H3,(H,45,50)(H,48,49). The molecule has 4 fully saturated rings. The number of nitrogens with zero attached hydrogens (tertiary/aromatic N) is 3. The molecule has 5 aliphatic carbocycles. The van der Waals surface area contributed by atoms with Gasteiger partial charge < -0.3 is 19.9 Å². The fraction of sp³-hybridized carbons (Fsp3) is 0.651. The number of allylic oxidation sites excluding steroid dienone is 3. The van der Waals surface area contributed by atoms with Gasteiger partial charge in [0.15, 0.2) is 0 Å². The van der Waals surface area contributed by atoms with E-state index in [0.717, 1.165) is 44.2 Å². The molecule has 5 aliphatic rings. The molecule has 0 bridgehead atoms. The van der Waals surface area contributed by atoms with Crippen LogP contribution in [0.25, 0.3) is 5.57 Å². The number of fused-ring (bicyclic) bond motifs is 7. The number of aromatic carboxylic acids is 1. The van der Waals surface area contributed by atoms with Crippen LogP contribution in [0.3, 0.4) is 0 Å². The maximum atomic E-state index is 13.9. The molecule has 7 heteroatoms. The first kappa shape index (κ1) is 35.1. The third-order valence-electron chi connectivity index (χ3n) is 16.0. The minimum atomic E-state index is -0.875. The van der Waals surface area contributed by atoms with Crippen molar-refractivity contribution in [3.8, 4) is 0 Å². The van der Waals surface area contributed by atoms with Crippen LogP contribution >= 0.6 is 0 Å². The SMILES string of the molecule is C=C(C)C1CCC2(NC(=O)N(C)CCn3ccnc3)CCC3(C)C(CCC4C5(C)CC=C(c6ccc(C(=O)O)cc6)C(C)(C)C5CCC43C)C12. The molecule has 9 atom stereocenters. The van der Waals surface area contributed by atoms with Crippen molar-refractivity contribution < 1.29 is 14.7 Å². The second kappa shape index (κ2) is 12.1. The van der Waals surface area contributed by atoms with Crippen molar-refractivity contribution >= 4 is 17.6 Å². The molecule has 7 rings (SSSR count). The zero-order valence-electron chi connectivity index (χ0n) is 31.6. The average Bonchev–Trinajstić information content (AvgIpc) is 3.72. The molecule has 4 saturated carbocycles. The fourth-order valence-corrected chi connectivity index (χ4v) is 13.4. The molecular formula is C43H60N4O3. The van der Waals surface area contributed by atoms with Crippen LogP contribution in [0.15, 0.2) is 61.2 Å². The number of rotatable bonds is 7. The monoisotopic (exact) mass is 680 g/mol. The summed E-state index contributed by atoms with van der Waals surface area (Å²) in [6, 6.07) is 7.61. The summed E-state index contributed by atoms with van der Waals surface area (Å²) in [5.41, 5.74) is 4.58. The lowest BCUT2D eigenvalue weighted by molar-refractivity contribution is -0.218. The van der Waals surface area contributed by atoms with Crippen LogP contribution in [-0.4, -0.2) is 50.7 Å². The van der Waals surface area contributed by atoms with E-state index in [0.29, 0.717) is 41.7 Å². The van der Waals surface area contributed by atoms with Gasteiger partial charge in [-0.3, -0.25) is 0 Å². The first-order valence-corrected chi connectivity index (χ1v) is 19.3. The highest BCUT2D eigenvalue weighted by Gasteiger charge is 2.70. The van der Waals surface area contributed by atoms with Crippen molar-refractivity contribution in [2.24, 2.45) is 51.2 Å².